The Morgan fingerprint density at radius 2 is 1.75 bits per heavy atom. The zero-order valence-corrected chi connectivity index (χ0v) is 9.26. The summed E-state index contributed by atoms with van der Waals surface area (Å²) in [4.78, 5) is 21.6. The predicted octanol–water partition coefficient (Wildman–Crippen LogP) is 3.18. The Morgan fingerprint density at radius 3 is 2.44 bits per heavy atom. The zero-order chi connectivity index (χ0) is 11.6. The molecule has 84 valence electrons. The maximum Gasteiger partial charge on any atom is 0.185 e. The third-order valence-electron chi connectivity index (χ3n) is 2.27. The van der Waals surface area contributed by atoms with Gasteiger partial charge in [-0.25, -0.2) is 0 Å². The summed E-state index contributed by atoms with van der Waals surface area (Å²) in [5.41, 5.74) is 0.714. The summed E-state index contributed by atoms with van der Waals surface area (Å²) in [5.74, 6) is 0.0380. The van der Waals surface area contributed by atoms with Crippen LogP contribution in [0, 0.1) is 0 Å². The van der Waals surface area contributed by atoms with Crippen LogP contribution in [-0.4, -0.2) is 12.1 Å². The fraction of sp³-hybridized carbons (Fsp3) is 0.286. The summed E-state index contributed by atoms with van der Waals surface area (Å²) in [5, 5.41) is 0. The normalized spacial score (nSPS) is 10.5. The highest BCUT2D eigenvalue weighted by molar-refractivity contribution is 6.04. The number of hydrogen-bond acceptors (Lipinski definition) is 2. The van der Waals surface area contributed by atoms with E-state index in [1.807, 2.05) is 24.3 Å². The van der Waals surface area contributed by atoms with Crippen LogP contribution >= 0.6 is 0 Å². The van der Waals surface area contributed by atoms with Gasteiger partial charge < -0.3 is 4.79 Å². The lowest BCUT2D eigenvalue weighted by Crippen LogP contribution is -1.92. The van der Waals surface area contributed by atoms with E-state index in [1.54, 1.807) is 18.2 Å². The van der Waals surface area contributed by atoms with Gasteiger partial charge in [0.2, 0.25) is 0 Å². The molecule has 0 atom stereocenters. The third kappa shape index (κ3) is 4.69. The van der Waals surface area contributed by atoms with Gasteiger partial charge in [-0.3, -0.25) is 4.79 Å². The van der Waals surface area contributed by atoms with Crippen LogP contribution in [0.1, 0.15) is 36.0 Å². The van der Waals surface area contributed by atoms with Crippen LogP contribution in [0.15, 0.2) is 42.5 Å². The summed E-state index contributed by atoms with van der Waals surface area (Å²) in [6.07, 6.45) is 7.73. The first-order valence-electron chi connectivity index (χ1n) is 5.54. The van der Waals surface area contributed by atoms with E-state index < -0.39 is 0 Å². The minimum Gasteiger partial charge on any atom is -0.303 e. The molecule has 16 heavy (non-hydrogen) atoms. The number of ketones is 1. The third-order valence-corrected chi connectivity index (χ3v) is 2.27. The molecule has 1 aromatic carbocycles. The standard InChI is InChI=1S/C14H16O2/c15-12-8-3-1-2-7-11-14(16)13-9-5-4-6-10-13/h4-7,9-12H,1-3,8H2/b11-7+. The molecule has 0 radical (unpaired) electrons. The van der Waals surface area contributed by atoms with Gasteiger partial charge in [-0.05, 0) is 25.3 Å². The van der Waals surface area contributed by atoms with Gasteiger partial charge in [-0.15, -0.1) is 0 Å². The molecule has 0 amide bonds. The first kappa shape index (κ1) is 12.4. The van der Waals surface area contributed by atoms with Gasteiger partial charge in [-0.2, -0.15) is 0 Å². The van der Waals surface area contributed by atoms with Crippen LogP contribution in [0.2, 0.25) is 0 Å². The lowest BCUT2D eigenvalue weighted by Gasteiger charge is -1.94. The minimum absolute atomic E-state index is 0.0380. The van der Waals surface area contributed by atoms with Crippen LogP contribution in [-0.2, 0) is 4.79 Å². The van der Waals surface area contributed by atoms with E-state index in [4.69, 9.17) is 0 Å². The molecule has 0 heterocycles. The summed E-state index contributed by atoms with van der Waals surface area (Å²) in [6.45, 7) is 0. The Labute approximate surface area is 96.0 Å². The SMILES string of the molecule is O=CCCCC/C=C/C(=O)c1ccccc1. The van der Waals surface area contributed by atoms with Crippen molar-refractivity contribution >= 4 is 12.1 Å². The quantitative estimate of drug-likeness (QED) is 0.303. The molecular formula is C14H16O2. The van der Waals surface area contributed by atoms with Gasteiger partial charge in [0.05, 0.1) is 0 Å². The molecule has 0 bridgehead atoms. The second-order valence-corrected chi connectivity index (χ2v) is 3.58. The van der Waals surface area contributed by atoms with Crippen LogP contribution in [0.5, 0.6) is 0 Å². The average Bonchev–Trinajstić information content (AvgIpc) is 2.34. The first-order chi connectivity index (χ1) is 7.84. The Bertz CT molecular complexity index is 352. The lowest BCUT2D eigenvalue weighted by atomic mass is 10.1. The van der Waals surface area contributed by atoms with E-state index in [0.29, 0.717) is 12.0 Å². The molecule has 0 aliphatic heterocycles. The van der Waals surface area contributed by atoms with E-state index in [-0.39, 0.29) is 5.78 Å². The maximum atomic E-state index is 11.6. The van der Waals surface area contributed by atoms with Gasteiger partial charge in [0.15, 0.2) is 5.78 Å². The second kappa shape index (κ2) is 7.57. The van der Waals surface area contributed by atoms with Gasteiger partial charge in [0.25, 0.3) is 0 Å². The second-order valence-electron chi connectivity index (χ2n) is 3.58. The van der Waals surface area contributed by atoms with E-state index in [9.17, 15) is 9.59 Å². The molecule has 2 heteroatoms. The minimum atomic E-state index is 0.0380. The molecule has 0 aromatic heterocycles. The summed E-state index contributed by atoms with van der Waals surface area (Å²) >= 11 is 0. The van der Waals surface area contributed by atoms with Crippen molar-refractivity contribution in [2.75, 3.05) is 0 Å². The highest BCUT2D eigenvalue weighted by atomic mass is 16.1. The Hall–Kier alpha value is -1.70. The number of hydrogen-bond donors (Lipinski definition) is 0. The fourth-order valence-electron chi connectivity index (χ4n) is 1.38. The maximum absolute atomic E-state index is 11.6. The molecule has 0 N–H and O–H groups in total. The van der Waals surface area contributed by atoms with Gasteiger partial charge >= 0.3 is 0 Å². The average molecular weight is 216 g/mol. The van der Waals surface area contributed by atoms with Crippen LogP contribution < -0.4 is 0 Å². The Balaban J connectivity index is 2.29. The van der Waals surface area contributed by atoms with Crippen molar-refractivity contribution in [3.8, 4) is 0 Å². The van der Waals surface area contributed by atoms with E-state index in [0.717, 1.165) is 25.5 Å². The highest BCUT2D eigenvalue weighted by Crippen LogP contribution is 2.03. The molecule has 1 rings (SSSR count). The van der Waals surface area contributed by atoms with Crippen LogP contribution in [0.4, 0.5) is 0 Å². The van der Waals surface area contributed by atoms with Crippen LogP contribution in [0.25, 0.3) is 0 Å². The summed E-state index contributed by atoms with van der Waals surface area (Å²) < 4.78 is 0. The predicted molar refractivity (Wildman–Crippen MR) is 64.4 cm³/mol. The van der Waals surface area contributed by atoms with Crippen molar-refractivity contribution in [1.82, 2.24) is 0 Å². The highest BCUT2D eigenvalue weighted by Gasteiger charge is 1.98. The number of benzene rings is 1. The number of unbranched alkanes of at least 4 members (excludes halogenated alkanes) is 3. The number of aldehydes is 1. The van der Waals surface area contributed by atoms with E-state index in [2.05, 4.69) is 0 Å². The van der Waals surface area contributed by atoms with Crippen molar-refractivity contribution in [3.05, 3.63) is 48.0 Å². The van der Waals surface area contributed by atoms with Gasteiger partial charge in [0, 0.05) is 12.0 Å². The van der Waals surface area contributed by atoms with Gasteiger partial charge in [0.1, 0.15) is 6.29 Å². The van der Waals surface area contributed by atoms with Crippen molar-refractivity contribution in [2.45, 2.75) is 25.7 Å². The number of rotatable bonds is 7. The monoisotopic (exact) mass is 216 g/mol. The molecular weight excluding hydrogens is 200 g/mol. The molecule has 0 saturated heterocycles. The molecule has 0 fully saturated rings. The number of carbonyl (C=O) groups is 2. The van der Waals surface area contributed by atoms with Crippen molar-refractivity contribution < 1.29 is 9.59 Å². The molecule has 0 unspecified atom stereocenters. The van der Waals surface area contributed by atoms with Crippen molar-refractivity contribution in [1.29, 1.82) is 0 Å². The molecule has 1 aromatic rings. The topological polar surface area (TPSA) is 34.1 Å². The molecule has 2 nitrogen and oxygen atoms in total. The largest absolute Gasteiger partial charge is 0.303 e. The summed E-state index contributed by atoms with van der Waals surface area (Å²) in [7, 11) is 0. The Morgan fingerprint density at radius 1 is 1.06 bits per heavy atom. The van der Waals surface area contributed by atoms with Crippen LogP contribution in [0.3, 0.4) is 0 Å². The first-order valence-corrected chi connectivity index (χ1v) is 5.54. The smallest absolute Gasteiger partial charge is 0.185 e. The van der Waals surface area contributed by atoms with Crippen molar-refractivity contribution in [2.24, 2.45) is 0 Å². The molecule has 0 saturated carbocycles. The zero-order valence-electron chi connectivity index (χ0n) is 9.26. The lowest BCUT2D eigenvalue weighted by molar-refractivity contribution is -0.107. The Kier molecular flexibility index (Phi) is 5.86. The van der Waals surface area contributed by atoms with E-state index >= 15 is 0 Å². The fourth-order valence-corrected chi connectivity index (χ4v) is 1.38. The number of allylic oxidation sites excluding steroid dienone is 2. The molecule has 0 aliphatic carbocycles. The molecule has 0 aliphatic rings. The van der Waals surface area contributed by atoms with Crippen molar-refractivity contribution in [3.63, 3.8) is 0 Å². The van der Waals surface area contributed by atoms with E-state index in [1.165, 1.54) is 0 Å². The molecule has 0 spiro atoms. The van der Waals surface area contributed by atoms with Gasteiger partial charge in [-0.1, -0.05) is 36.4 Å². The number of carbonyl (C=O) groups excluding carboxylic acids is 2. The summed E-state index contributed by atoms with van der Waals surface area (Å²) in [6, 6.07) is 9.20.